The summed E-state index contributed by atoms with van der Waals surface area (Å²) in [7, 11) is 0. The number of rotatable bonds is 4. The zero-order valence-corrected chi connectivity index (χ0v) is 13.0. The van der Waals surface area contributed by atoms with Gasteiger partial charge in [0, 0.05) is 34.5 Å². The number of phenols is 1. The Morgan fingerprint density at radius 1 is 1.00 bits per heavy atom. The van der Waals surface area contributed by atoms with Crippen molar-refractivity contribution in [1.29, 1.82) is 0 Å². The summed E-state index contributed by atoms with van der Waals surface area (Å²) in [4.78, 5) is 11.2. The molecule has 0 spiro atoms. The highest BCUT2D eigenvalue weighted by atomic mass is 19.1. The number of aromatic hydroxyl groups is 1. The molecule has 0 bridgehead atoms. The van der Waals surface area contributed by atoms with Crippen molar-refractivity contribution in [2.45, 2.75) is 0 Å². The monoisotopic (exact) mass is 335 g/mol. The molecule has 0 aliphatic rings. The van der Waals surface area contributed by atoms with E-state index in [1.54, 1.807) is 12.1 Å². The first-order valence-electron chi connectivity index (χ1n) is 7.60. The highest BCUT2D eigenvalue weighted by Crippen LogP contribution is 2.24. The van der Waals surface area contributed by atoms with Crippen LogP contribution in [-0.2, 0) is 0 Å². The number of nitrogens with one attached hydrogen (secondary N) is 3. The smallest absolute Gasteiger partial charge is 0.229 e. The van der Waals surface area contributed by atoms with Crippen molar-refractivity contribution >= 4 is 34.0 Å². The zero-order valence-electron chi connectivity index (χ0n) is 13.0. The molecule has 6 nitrogen and oxygen atoms in total. The van der Waals surface area contributed by atoms with Gasteiger partial charge in [0.1, 0.15) is 5.75 Å². The highest BCUT2D eigenvalue weighted by molar-refractivity contribution is 5.83. The number of benzene rings is 2. The van der Waals surface area contributed by atoms with Crippen molar-refractivity contribution in [2.24, 2.45) is 0 Å². The van der Waals surface area contributed by atoms with Crippen LogP contribution in [0.1, 0.15) is 0 Å². The number of fused-ring (bicyclic) bond motifs is 1. The van der Waals surface area contributed by atoms with E-state index in [9.17, 15) is 9.50 Å². The van der Waals surface area contributed by atoms with Crippen molar-refractivity contribution in [2.75, 3.05) is 10.6 Å². The molecular formula is C18H14FN5O. The van der Waals surface area contributed by atoms with E-state index in [4.69, 9.17) is 0 Å². The number of aromatic amines is 1. The molecule has 25 heavy (non-hydrogen) atoms. The molecule has 0 amide bonds. The van der Waals surface area contributed by atoms with Crippen LogP contribution >= 0.6 is 0 Å². The fraction of sp³-hybridized carbons (Fsp3) is 0. The minimum Gasteiger partial charge on any atom is -0.508 e. The van der Waals surface area contributed by atoms with Gasteiger partial charge >= 0.3 is 0 Å². The van der Waals surface area contributed by atoms with E-state index in [1.807, 2.05) is 30.5 Å². The van der Waals surface area contributed by atoms with E-state index in [0.29, 0.717) is 5.69 Å². The van der Waals surface area contributed by atoms with Crippen LogP contribution in [0, 0.1) is 5.82 Å². The van der Waals surface area contributed by atoms with Gasteiger partial charge < -0.3 is 20.7 Å². The van der Waals surface area contributed by atoms with Gasteiger partial charge in [0.05, 0.1) is 6.20 Å². The average molecular weight is 335 g/mol. The number of nitrogens with zero attached hydrogens (tertiary/aromatic N) is 2. The van der Waals surface area contributed by atoms with Crippen molar-refractivity contribution in [3.8, 4) is 5.75 Å². The summed E-state index contributed by atoms with van der Waals surface area (Å²) in [6.07, 6.45) is 2.95. The quantitative estimate of drug-likeness (QED) is 0.447. The Balaban J connectivity index is 1.60. The fourth-order valence-corrected chi connectivity index (χ4v) is 2.50. The maximum absolute atomic E-state index is 14.0. The van der Waals surface area contributed by atoms with Crippen LogP contribution in [0.3, 0.4) is 0 Å². The van der Waals surface area contributed by atoms with E-state index >= 15 is 0 Å². The van der Waals surface area contributed by atoms with E-state index in [-0.39, 0.29) is 17.5 Å². The summed E-state index contributed by atoms with van der Waals surface area (Å²) in [6.45, 7) is 0. The molecule has 0 saturated heterocycles. The predicted molar refractivity (Wildman–Crippen MR) is 95.0 cm³/mol. The normalized spacial score (nSPS) is 10.8. The Morgan fingerprint density at radius 3 is 2.76 bits per heavy atom. The Kier molecular flexibility index (Phi) is 3.66. The zero-order chi connectivity index (χ0) is 17.2. The van der Waals surface area contributed by atoms with E-state index in [2.05, 4.69) is 25.6 Å². The number of anilines is 4. The van der Waals surface area contributed by atoms with Crippen LogP contribution in [-0.4, -0.2) is 20.1 Å². The summed E-state index contributed by atoms with van der Waals surface area (Å²) in [5, 5.41) is 16.4. The molecule has 2 heterocycles. The summed E-state index contributed by atoms with van der Waals surface area (Å²) >= 11 is 0. The van der Waals surface area contributed by atoms with E-state index in [0.717, 1.165) is 22.8 Å². The molecule has 4 aromatic rings. The summed E-state index contributed by atoms with van der Waals surface area (Å²) < 4.78 is 14.0. The first-order chi connectivity index (χ1) is 12.2. The van der Waals surface area contributed by atoms with Gasteiger partial charge in [-0.2, -0.15) is 4.98 Å². The molecule has 2 aromatic carbocycles. The van der Waals surface area contributed by atoms with Crippen molar-refractivity contribution in [3.05, 3.63) is 66.7 Å². The number of phenolic OH excluding ortho intramolecular Hbond substituents is 1. The Morgan fingerprint density at radius 2 is 1.88 bits per heavy atom. The van der Waals surface area contributed by atoms with Crippen LogP contribution in [0.25, 0.3) is 10.9 Å². The third-order valence-corrected chi connectivity index (χ3v) is 3.66. The van der Waals surface area contributed by atoms with Crippen molar-refractivity contribution < 1.29 is 9.50 Å². The molecule has 0 aliphatic heterocycles. The van der Waals surface area contributed by atoms with Gasteiger partial charge in [-0.15, -0.1) is 0 Å². The SMILES string of the molecule is Oc1cccc(Nc2nc(Nc3ccc4[nH]ccc4c3)ncc2F)c1. The number of aromatic nitrogens is 3. The Bertz CT molecular complexity index is 1050. The maximum Gasteiger partial charge on any atom is 0.229 e. The van der Waals surface area contributed by atoms with Gasteiger partial charge in [-0.3, -0.25) is 0 Å². The van der Waals surface area contributed by atoms with Gasteiger partial charge in [0.2, 0.25) is 5.95 Å². The van der Waals surface area contributed by atoms with Crippen molar-refractivity contribution in [3.63, 3.8) is 0 Å². The lowest BCUT2D eigenvalue weighted by molar-refractivity contribution is 0.475. The molecule has 0 radical (unpaired) electrons. The Hall–Kier alpha value is -3.61. The van der Waals surface area contributed by atoms with E-state index < -0.39 is 5.82 Å². The lowest BCUT2D eigenvalue weighted by Crippen LogP contribution is -2.03. The third kappa shape index (κ3) is 3.20. The second-order valence-electron chi connectivity index (χ2n) is 5.47. The van der Waals surface area contributed by atoms with Crippen LogP contribution < -0.4 is 10.6 Å². The molecular weight excluding hydrogens is 321 g/mol. The van der Waals surface area contributed by atoms with Gasteiger partial charge in [-0.05, 0) is 36.4 Å². The molecule has 2 aromatic heterocycles. The standard InChI is InChI=1S/C18H14FN5O/c19-15-10-21-18(23-13-4-5-16-11(8-13)6-7-20-16)24-17(15)22-12-2-1-3-14(25)9-12/h1-10,20,25H,(H2,21,22,23,24). The number of halogens is 1. The molecule has 0 unspecified atom stereocenters. The third-order valence-electron chi connectivity index (χ3n) is 3.66. The molecule has 7 heteroatoms. The molecule has 0 atom stereocenters. The predicted octanol–water partition coefficient (Wildman–Crippen LogP) is 4.29. The molecule has 0 saturated carbocycles. The molecule has 0 fully saturated rings. The summed E-state index contributed by atoms with van der Waals surface area (Å²) in [5.41, 5.74) is 2.34. The Labute approximate surface area is 142 Å². The van der Waals surface area contributed by atoms with Crippen molar-refractivity contribution in [1.82, 2.24) is 15.0 Å². The second-order valence-corrected chi connectivity index (χ2v) is 5.47. The number of hydrogen-bond acceptors (Lipinski definition) is 5. The minimum absolute atomic E-state index is 0.0193. The summed E-state index contributed by atoms with van der Waals surface area (Å²) in [6, 6.07) is 14.1. The lowest BCUT2D eigenvalue weighted by Gasteiger charge is -2.10. The maximum atomic E-state index is 14.0. The first-order valence-corrected chi connectivity index (χ1v) is 7.60. The first kappa shape index (κ1) is 14.9. The molecule has 0 aliphatic carbocycles. The van der Waals surface area contributed by atoms with Gasteiger partial charge in [0.25, 0.3) is 0 Å². The molecule has 124 valence electrons. The summed E-state index contributed by atoms with van der Waals surface area (Å²) in [5.74, 6) is -0.225. The van der Waals surface area contributed by atoms with E-state index in [1.165, 1.54) is 12.1 Å². The topological polar surface area (TPSA) is 85.9 Å². The number of hydrogen-bond donors (Lipinski definition) is 4. The fourth-order valence-electron chi connectivity index (χ4n) is 2.50. The van der Waals surface area contributed by atoms with Gasteiger partial charge in [-0.1, -0.05) is 6.07 Å². The van der Waals surface area contributed by atoms with Crippen LogP contribution in [0.15, 0.2) is 60.9 Å². The number of H-pyrrole nitrogens is 1. The largest absolute Gasteiger partial charge is 0.508 e. The van der Waals surface area contributed by atoms with Crippen LogP contribution in [0.4, 0.5) is 27.5 Å². The van der Waals surface area contributed by atoms with Gasteiger partial charge in [0.15, 0.2) is 11.6 Å². The average Bonchev–Trinajstić information content (AvgIpc) is 3.06. The second kappa shape index (κ2) is 6.12. The van der Waals surface area contributed by atoms with Gasteiger partial charge in [-0.25, -0.2) is 9.37 Å². The highest BCUT2D eigenvalue weighted by Gasteiger charge is 2.08. The van der Waals surface area contributed by atoms with Crippen LogP contribution in [0.5, 0.6) is 5.75 Å². The molecule has 4 N–H and O–H groups in total. The lowest BCUT2D eigenvalue weighted by atomic mass is 10.2. The minimum atomic E-state index is -0.588. The molecule has 4 rings (SSSR count). The van der Waals surface area contributed by atoms with Crippen LogP contribution in [0.2, 0.25) is 0 Å².